The fraction of sp³-hybridized carbons (Fsp3) is 0.667. The van der Waals surface area contributed by atoms with E-state index in [2.05, 4.69) is 51.6 Å². The second kappa shape index (κ2) is 4.90. The van der Waals surface area contributed by atoms with Crippen LogP contribution in [0.2, 0.25) is 0 Å². The Morgan fingerprint density at radius 3 is 2.88 bits per heavy atom. The van der Waals surface area contributed by atoms with Gasteiger partial charge in [-0.05, 0) is 29.8 Å². The predicted molar refractivity (Wildman–Crippen MR) is 71.4 cm³/mol. The fourth-order valence-electron chi connectivity index (χ4n) is 1.98. The van der Waals surface area contributed by atoms with E-state index >= 15 is 0 Å². The number of hydrogen-bond acceptors (Lipinski definition) is 4. The first-order valence-electron chi connectivity index (χ1n) is 5.92. The third-order valence-electron chi connectivity index (χ3n) is 2.79. The van der Waals surface area contributed by atoms with Crippen molar-refractivity contribution < 1.29 is 4.74 Å². The second-order valence-corrected chi connectivity index (χ2v) is 5.66. The SMILES string of the molecule is CCc1nc(Br)cc(N2CCOC(C)(C)C2)n1. The lowest BCUT2D eigenvalue weighted by Gasteiger charge is -2.38. The summed E-state index contributed by atoms with van der Waals surface area (Å²) in [5, 5.41) is 0. The molecule has 1 aromatic heterocycles. The highest BCUT2D eigenvalue weighted by atomic mass is 79.9. The molecule has 0 saturated carbocycles. The van der Waals surface area contributed by atoms with Crippen molar-refractivity contribution in [2.45, 2.75) is 32.8 Å². The first-order chi connectivity index (χ1) is 8.00. The maximum atomic E-state index is 5.71. The van der Waals surface area contributed by atoms with Crippen LogP contribution in [0.1, 0.15) is 26.6 Å². The fourth-order valence-corrected chi connectivity index (χ4v) is 2.39. The standard InChI is InChI=1S/C12H18BrN3O/c1-4-10-14-9(13)7-11(15-10)16-5-6-17-12(2,3)8-16/h7H,4-6,8H2,1-3H3. The summed E-state index contributed by atoms with van der Waals surface area (Å²) in [5.74, 6) is 1.86. The molecule has 1 aliphatic heterocycles. The number of hydrogen-bond donors (Lipinski definition) is 0. The molecular formula is C12H18BrN3O. The van der Waals surface area contributed by atoms with Crippen LogP contribution in [-0.4, -0.2) is 35.3 Å². The van der Waals surface area contributed by atoms with Gasteiger partial charge in [-0.15, -0.1) is 0 Å². The number of ether oxygens (including phenoxy) is 1. The topological polar surface area (TPSA) is 38.2 Å². The summed E-state index contributed by atoms with van der Waals surface area (Å²) < 4.78 is 6.56. The van der Waals surface area contributed by atoms with Gasteiger partial charge in [0.05, 0.1) is 12.2 Å². The van der Waals surface area contributed by atoms with Crippen LogP contribution in [-0.2, 0) is 11.2 Å². The minimum absolute atomic E-state index is 0.109. The van der Waals surface area contributed by atoms with Gasteiger partial charge in [-0.3, -0.25) is 0 Å². The van der Waals surface area contributed by atoms with Crippen LogP contribution in [0.15, 0.2) is 10.7 Å². The van der Waals surface area contributed by atoms with E-state index in [9.17, 15) is 0 Å². The number of halogens is 1. The van der Waals surface area contributed by atoms with Gasteiger partial charge >= 0.3 is 0 Å². The molecule has 5 heteroatoms. The third kappa shape index (κ3) is 3.16. The minimum Gasteiger partial charge on any atom is -0.372 e. The van der Waals surface area contributed by atoms with Crippen molar-refractivity contribution in [3.05, 3.63) is 16.5 Å². The summed E-state index contributed by atoms with van der Waals surface area (Å²) >= 11 is 3.44. The molecule has 0 spiro atoms. The number of rotatable bonds is 2. The lowest BCUT2D eigenvalue weighted by Crippen LogP contribution is -2.48. The van der Waals surface area contributed by atoms with E-state index in [1.54, 1.807) is 0 Å². The third-order valence-corrected chi connectivity index (χ3v) is 3.20. The number of aryl methyl sites for hydroxylation is 1. The highest BCUT2D eigenvalue weighted by molar-refractivity contribution is 9.10. The van der Waals surface area contributed by atoms with E-state index in [-0.39, 0.29) is 5.60 Å². The zero-order chi connectivity index (χ0) is 12.5. The molecule has 2 heterocycles. The maximum Gasteiger partial charge on any atom is 0.133 e. The Balaban J connectivity index is 2.24. The molecule has 1 aromatic rings. The maximum absolute atomic E-state index is 5.71. The quantitative estimate of drug-likeness (QED) is 0.786. The van der Waals surface area contributed by atoms with Crippen LogP contribution in [0.4, 0.5) is 5.82 Å². The van der Waals surface area contributed by atoms with Gasteiger partial charge < -0.3 is 9.64 Å². The van der Waals surface area contributed by atoms with Crippen molar-refractivity contribution in [2.75, 3.05) is 24.6 Å². The molecule has 17 heavy (non-hydrogen) atoms. The van der Waals surface area contributed by atoms with Gasteiger partial charge in [0, 0.05) is 25.6 Å². The minimum atomic E-state index is -0.109. The summed E-state index contributed by atoms with van der Waals surface area (Å²) in [6, 6.07) is 1.97. The van der Waals surface area contributed by atoms with E-state index in [0.717, 1.165) is 42.4 Å². The average Bonchev–Trinajstić information content (AvgIpc) is 2.27. The van der Waals surface area contributed by atoms with E-state index in [1.807, 2.05) is 6.07 Å². The van der Waals surface area contributed by atoms with Crippen molar-refractivity contribution >= 4 is 21.7 Å². The highest BCUT2D eigenvalue weighted by Gasteiger charge is 2.28. The van der Waals surface area contributed by atoms with Crippen LogP contribution in [0.5, 0.6) is 0 Å². The molecule has 2 rings (SSSR count). The Bertz CT molecular complexity index is 409. The molecule has 0 amide bonds. The van der Waals surface area contributed by atoms with E-state index < -0.39 is 0 Å². The van der Waals surface area contributed by atoms with Crippen LogP contribution >= 0.6 is 15.9 Å². The number of morpholine rings is 1. The van der Waals surface area contributed by atoms with E-state index in [0.29, 0.717) is 0 Å². The molecule has 0 radical (unpaired) electrons. The molecule has 0 unspecified atom stereocenters. The number of nitrogens with zero attached hydrogens (tertiary/aromatic N) is 3. The molecule has 0 aromatic carbocycles. The predicted octanol–water partition coefficient (Wildman–Crippen LogP) is 2.42. The average molecular weight is 300 g/mol. The Kier molecular flexibility index (Phi) is 3.68. The highest BCUT2D eigenvalue weighted by Crippen LogP contribution is 2.23. The molecule has 0 atom stereocenters. The molecular weight excluding hydrogens is 282 g/mol. The molecule has 1 fully saturated rings. The summed E-state index contributed by atoms with van der Waals surface area (Å²) in [5.41, 5.74) is -0.109. The Hall–Kier alpha value is -0.680. The largest absolute Gasteiger partial charge is 0.372 e. The molecule has 94 valence electrons. The Morgan fingerprint density at radius 2 is 2.24 bits per heavy atom. The van der Waals surface area contributed by atoms with Gasteiger partial charge in [0.15, 0.2) is 0 Å². The van der Waals surface area contributed by atoms with Crippen LogP contribution in [0.3, 0.4) is 0 Å². The zero-order valence-electron chi connectivity index (χ0n) is 10.5. The van der Waals surface area contributed by atoms with Crippen molar-refractivity contribution in [1.29, 1.82) is 0 Å². The normalized spacial score (nSPS) is 19.4. The summed E-state index contributed by atoms with van der Waals surface area (Å²) in [6.07, 6.45) is 0.847. The van der Waals surface area contributed by atoms with Crippen molar-refractivity contribution in [3.63, 3.8) is 0 Å². The summed E-state index contributed by atoms with van der Waals surface area (Å²) in [4.78, 5) is 11.2. The summed E-state index contributed by atoms with van der Waals surface area (Å²) in [7, 11) is 0. The summed E-state index contributed by atoms with van der Waals surface area (Å²) in [6.45, 7) is 8.77. The van der Waals surface area contributed by atoms with Gasteiger partial charge in [0.2, 0.25) is 0 Å². The van der Waals surface area contributed by atoms with Crippen LogP contribution < -0.4 is 4.90 Å². The Morgan fingerprint density at radius 1 is 1.47 bits per heavy atom. The number of anilines is 1. The van der Waals surface area contributed by atoms with Crippen LogP contribution in [0.25, 0.3) is 0 Å². The molecule has 1 aliphatic rings. The lowest BCUT2D eigenvalue weighted by molar-refractivity contribution is -0.0279. The molecule has 4 nitrogen and oxygen atoms in total. The molecule has 0 N–H and O–H groups in total. The monoisotopic (exact) mass is 299 g/mol. The van der Waals surface area contributed by atoms with Crippen molar-refractivity contribution in [2.24, 2.45) is 0 Å². The van der Waals surface area contributed by atoms with Crippen molar-refractivity contribution in [3.8, 4) is 0 Å². The van der Waals surface area contributed by atoms with E-state index in [4.69, 9.17) is 4.74 Å². The molecule has 0 aliphatic carbocycles. The van der Waals surface area contributed by atoms with Gasteiger partial charge in [-0.25, -0.2) is 9.97 Å². The van der Waals surface area contributed by atoms with Crippen LogP contribution in [0, 0.1) is 0 Å². The van der Waals surface area contributed by atoms with E-state index in [1.165, 1.54) is 0 Å². The Labute approximate surface area is 111 Å². The second-order valence-electron chi connectivity index (χ2n) is 4.85. The van der Waals surface area contributed by atoms with Gasteiger partial charge in [0.25, 0.3) is 0 Å². The smallest absolute Gasteiger partial charge is 0.133 e. The molecule has 1 saturated heterocycles. The van der Waals surface area contributed by atoms with Crippen molar-refractivity contribution in [1.82, 2.24) is 9.97 Å². The van der Waals surface area contributed by atoms with Gasteiger partial charge in [0.1, 0.15) is 16.2 Å². The zero-order valence-corrected chi connectivity index (χ0v) is 12.1. The van der Waals surface area contributed by atoms with Gasteiger partial charge in [-0.1, -0.05) is 6.92 Å². The first-order valence-corrected chi connectivity index (χ1v) is 6.72. The van der Waals surface area contributed by atoms with Gasteiger partial charge in [-0.2, -0.15) is 0 Å². The molecule has 0 bridgehead atoms. The number of aromatic nitrogens is 2. The first kappa shape index (κ1) is 12.8. The lowest BCUT2D eigenvalue weighted by atomic mass is 10.1.